The number of aryl methyl sites for hydroxylation is 1. The van der Waals surface area contributed by atoms with Crippen molar-refractivity contribution in [1.29, 1.82) is 0 Å². The van der Waals surface area contributed by atoms with Gasteiger partial charge in [0.1, 0.15) is 11.3 Å². The van der Waals surface area contributed by atoms with Gasteiger partial charge < -0.3 is 20.1 Å². The maximum Gasteiger partial charge on any atom is 0.339 e. The van der Waals surface area contributed by atoms with Crippen LogP contribution in [0.25, 0.3) is 0 Å². The van der Waals surface area contributed by atoms with Gasteiger partial charge in [0.25, 0.3) is 11.8 Å². The summed E-state index contributed by atoms with van der Waals surface area (Å²) in [5, 5.41) is 32.8. The molecule has 4 aromatic carbocycles. The second kappa shape index (κ2) is 12.9. The number of carbonyl (C=O) groups excluding carboxylic acids is 4. The van der Waals surface area contributed by atoms with Gasteiger partial charge in [0.2, 0.25) is 11.8 Å². The summed E-state index contributed by atoms with van der Waals surface area (Å²) in [4.78, 5) is 71.4. The number of hydrazine groups is 1. The molecule has 274 valence electrons. The number of halogens is 1. The second-order valence-electron chi connectivity index (χ2n) is 14.2. The molecule has 0 aromatic heterocycles. The van der Waals surface area contributed by atoms with Crippen LogP contribution >= 0.6 is 15.9 Å². The molecule has 4 amide bonds. The van der Waals surface area contributed by atoms with E-state index in [9.17, 15) is 34.5 Å². The van der Waals surface area contributed by atoms with Gasteiger partial charge >= 0.3 is 5.97 Å². The molecule has 13 heteroatoms. The number of rotatable bonds is 7. The van der Waals surface area contributed by atoms with Crippen LogP contribution in [-0.2, 0) is 24.6 Å². The fourth-order valence-corrected chi connectivity index (χ4v) is 9.61. The number of fused-ring (bicyclic) bond motifs is 4. The molecular weight excluding hydrogens is 758 g/mol. The monoisotopic (exact) mass is 791 g/mol. The number of ether oxygens (including phenoxy) is 1. The minimum atomic E-state index is -1.61. The quantitative estimate of drug-likeness (QED) is 0.127. The summed E-state index contributed by atoms with van der Waals surface area (Å²) in [5.74, 6) is -8.85. The number of hydrogen-bond donors (Lipinski definition) is 4. The van der Waals surface area contributed by atoms with Gasteiger partial charge in [0.05, 0.1) is 41.7 Å². The molecule has 1 saturated carbocycles. The number of aromatic carboxylic acids is 1. The summed E-state index contributed by atoms with van der Waals surface area (Å²) in [6.07, 6.45) is 2.00. The number of benzene rings is 4. The first-order valence-corrected chi connectivity index (χ1v) is 18.1. The zero-order chi connectivity index (χ0) is 38.2. The fourth-order valence-electron chi connectivity index (χ4n) is 9.16. The van der Waals surface area contributed by atoms with Gasteiger partial charge in [-0.2, -0.15) is 5.01 Å². The van der Waals surface area contributed by atoms with Crippen LogP contribution in [0.1, 0.15) is 45.8 Å². The lowest BCUT2D eigenvalue weighted by molar-refractivity contribution is -0.138. The lowest BCUT2D eigenvalue weighted by Crippen LogP contribution is -2.53. The SMILES string of the molecule is COc1cc(Br)cc([C@H]2C3=CC[C@@H]4C(=O)N(c5ccc(C(=O)O)c(O)c5)C(=O)[C@@H]4[C@@H]3C[C@H]3C(=O)N(Nc4ccc(C)cc4)C(=O)[C@@]23c2ccccc2)c1O. The number of allylic oxidation sites excluding steroid dienone is 2. The van der Waals surface area contributed by atoms with Crippen molar-refractivity contribution in [2.45, 2.75) is 31.1 Å². The third kappa shape index (κ3) is 5.05. The van der Waals surface area contributed by atoms with Crippen LogP contribution in [0, 0.1) is 30.6 Å². The maximum atomic E-state index is 15.3. The van der Waals surface area contributed by atoms with Gasteiger partial charge in [0, 0.05) is 22.0 Å². The highest BCUT2D eigenvalue weighted by Crippen LogP contribution is 2.65. The molecule has 3 fully saturated rings. The van der Waals surface area contributed by atoms with Crippen molar-refractivity contribution in [2.75, 3.05) is 17.4 Å². The number of carboxylic acid groups (broad SMARTS) is 1. The van der Waals surface area contributed by atoms with Gasteiger partial charge in [-0.25, -0.2) is 9.69 Å². The predicted octanol–water partition coefficient (Wildman–Crippen LogP) is 6.07. The molecule has 0 spiro atoms. The number of anilines is 2. The summed E-state index contributed by atoms with van der Waals surface area (Å²) in [6, 6.07) is 23.0. The van der Waals surface area contributed by atoms with Crippen molar-refractivity contribution in [3.63, 3.8) is 0 Å². The molecule has 6 atom stereocenters. The highest BCUT2D eigenvalue weighted by Gasteiger charge is 2.70. The zero-order valence-electron chi connectivity index (χ0n) is 29.0. The number of nitrogens with one attached hydrogen (secondary N) is 1. The van der Waals surface area contributed by atoms with Gasteiger partial charge in [-0.1, -0.05) is 75.6 Å². The van der Waals surface area contributed by atoms with Crippen LogP contribution in [0.4, 0.5) is 11.4 Å². The van der Waals surface area contributed by atoms with Gasteiger partial charge in [-0.05, 0) is 67.6 Å². The lowest BCUT2D eigenvalue weighted by Gasteiger charge is -2.50. The molecule has 2 aliphatic heterocycles. The van der Waals surface area contributed by atoms with Crippen molar-refractivity contribution < 1.29 is 44.0 Å². The Labute approximate surface area is 317 Å². The van der Waals surface area contributed by atoms with Gasteiger partial charge in [-0.15, -0.1) is 0 Å². The smallest absolute Gasteiger partial charge is 0.339 e. The molecule has 0 bridgehead atoms. The first kappa shape index (κ1) is 35.1. The summed E-state index contributed by atoms with van der Waals surface area (Å²) in [5.41, 5.74) is 4.02. The molecule has 4 aliphatic rings. The Morgan fingerprint density at radius 3 is 2.30 bits per heavy atom. The van der Waals surface area contributed by atoms with E-state index in [4.69, 9.17) is 4.74 Å². The van der Waals surface area contributed by atoms with Crippen LogP contribution in [0.2, 0.25) is 0 Å². The first-order chi connectivity index (χ1) is 25.9. The summed E-state index contributed by atoms with van der Waals surface area (Å²) in [6.45, 7) is 1.92. The Balaban J connectivity index is 1.33. The molecule has 2 saturated heterocycles. The number of nitrogens with zero attached hydrogens (tertiary/aromatic N) is 2. The van der Waals surface area contributed by atoms with E-state index in [2.05, 4.69) is 21.4 Å². The minimum absolute atomic E-state index is 0.0180. The molecule has 4 aromatic rings. The molecule has 54 heavy (non-hydrogen) atoms. The Bertz CT molecular complexity index is 2310. The second-order valence-corrected chi connectivity index (χ2v) is 15.1. The summed E-state index contributed by atoms with van der Waals surface area (Å²) < 4.78 is 6.10. The number of phenolic OH excluding ortho intramolecular Hbond substituents is 1. The summed E-state index contributed by atoms with van der Waals surface area (Å²) in [7, 11) is 1.41. The van der Waals surface area contributed by atoms with E-state index >= 15 is 4.79 Å². The van der Waals surface area contributed by atoms with Crippen molar-refractivity contribution >= 4 is 56.9 Å². The molecule has 4 N–H and O–H groups in total. The van der Waals surface area contributed by atoms with Crippen LogP contribution in [-0.4, -0.2) is 57.0 Å². The van der Waals surface area contributed by atoms with E-state index in [1.54, 1.807) is 48.5 Å². The Kier molecular flexibility index (Phi) is 8.36. The number of amides is 4. The zero-order valence-corrected chi connectivity index (χ0v) is 30.6. The highest BCUT2D eigenvalue weighted by atomic mass is 79.9. The molecule has 0 radical (unpaired) electrons. The van der Waals surface area contributed by atoms with Crippen LogP contribution in [0.3, 0.4) is 0 Å². The molecule has 12 nitrogen and oxygen atoms in total. The third-order valence-electron chi connectivity index (χ3n) is 11.5. The van der Waals surface area contributed by atoms with Gasteiger partial charge in [-0.3, -0.25) is 24.6 Å². The molecular formula is C41H34BrN3O9. The first-order valence-electron chi connectivity index (χ1n) is 17.4. The Hall–Kier alpha value is -5.95. The normalized spacial score (nSPS) is 25.9. The van der Waals surface area contributed by atoms with Crippen molar-refractivity contribution in [3.8, 4) is 17.2 Å². The van der Waals surface area contributed by atoms with Crippen molar-refractivity contribution in [3.05, 3.63) is 123 Å². The van der Waals surface area contributed by atoms with Crippen molar-refractivity contribution in [1.82, 2.24) is 5.01 Å². The van der Waals surface area contributed by atoms with E-state index in [1.165, 1.54) is 13.2 Å². The number of hydrogen-bond acceptors (Lipinski definition) is 9. The average molecular weight is 793 g/mol. The minimum Gasteiger partial charge on any atom is -0.507 e. The average Bonchev–Trinajstić information content (AvgIpc) is 3.54. The number of aromatic hydroxyl groups is 2. The molecule has 2 aliphatic carbocycles. The lowest BCUT2D eigenvalue weighted by atomic mass is 9.49. The number of methoxy groups -OCH3 is 1. The van der Waals surface area contributed by atoms with E-state index in [-0.39, 0.29) is 35.6 Å². The molecule has 8 rings (SSSR count). The summed E-state index contributed by atoms with van der Waals surface area (Å²) >= 11 is 3.55. The Morgan fingerprint density at radius 1 is 0.907 bits per heavy atom. The van der Waals surface area contributed by atoms with Crippen LogP contribution in [0.5, 0.6) is 17.2 Å². The predicted molar refractivity (Wildman–Crippen MR) is 199 cm³/mol. The fraction of sp³-hybridized carbons (Fsp3) is 0.244. The Morgan fingerprint density at radius 2 is 1.63 bits per heavy atom. The number of phenols is 2. The van der Waals surface area contributed by atoms with Crippen molar-refractivity contribution in [2.24, 2.45) is 23.7 Å². The number of imide groups is 2. The molecule has 0 unspecified atom stereocenters. The standard InChI is InChI=1S/C41H34BrN3O9/c1-20-8-10-23(11-9-20)43-45-37(49)30-19-28-25(14-15-27-33(28)38(50)44(36(27)48)24-12-13-26(39(51)52)31(46)18-24)34(29-16-22(42)17-32(54-2)35(29)47)41(30,40(45)53)21-6-4-3-5-7-21/h3-14,16-18,27-28,30,33-34,43,46-47H,15,19H2,1-2H3,(H,51,52)/t27-,28+,30-,33-,34+,41+/m0/s1. The van der Waals surface area contributed by atoms with Crippen LogP contribution in [0.15, 0.2) is 101 Å². The third-order valence-corrected chi connectivity index (χ3v) is 11.9. The highest BCUT2D eigenvalue weighted by molar-refractivity contribution is 9.10. The van der Waals surface area contributed by atoms with Gasteiger partial charge in [0.15, 0.2) is 11.5 Å². The number of carbonyl (C=O) groups is 5. The largest absolute Gasteiger partial charge is 0.507 e. The van der Waals surface area contributed by atoms with E-state index in [0.717, 1.165) is 27.6 Å². The maximum absolute atomic E-state index is 15.3. The number of carboxylic acids is 1. The van der Waals surface area contributed by atoms with E-state index in [1.807, 2.05) is 31.2 Å². The van der Waals surface area contributed by atoms with E-state index < -0.39 is 70.4 Å². The molecule has 2 heterocycles. The van der Waals surface area contributed by atoms with Crippen LogP contribution < -0.4 is 15.1 Å². The topological polar surface area (TPSA) is 174 Å². The van der Waals surface area contributed by atoms with E-state index in [0.29, 0.717) is 26.9 Å².